The molecule has 2 heterocycles. The molecule has 1 atom stereocenters. The van der Waals surface area contributed by atoms with E-state index in [4.69, 9.17) is 11.6 Å². The molecular weight excluding hydrogens is 376 g/mol. The molecule has 0 fully saturated rings. The van der Waals surface area contributed by atoms with Crippen molar-refractivity contribution >= 4 is 23.3 Å². The summed E-state index contributed by atoms with van der Waals surface area (Å²) < 4.78 is 1.87. The number of Topliss-reactive ketones (excluding diaryl/α,β-unsaturated/α-hetero) is 1. The highest BCUT2D eigenvalue weighted by Crippen LogP contribution is 2.28. The molecule has 3 aromatic rings. The predicted molar refractivity (Wildman–Crippen MR) is 107 cm³/mol. The van der Waals surface area contributed by atoms with E-state index >= 15 is 0 Å². The molecule has 1 aliphatic carbocycles. The number of benzene rings is 1. The van der Waals surface area contributed by atoms with Gasteiger partial charge in [-0.2, -0.15) is 0 Å². The smallest absolute Gasteiger partial charge is 0.268 e. The highest BCUT2D eigenvalue weighted by Gasteiger charge is 2.28. The molecule has 2 N–H and O–H groups in total. The number of aromatic amines is 1. The Kier molecular flexibility index (Phi) is 4.81. The van der Waals surface area contributed by atoms with E-state index in [2.05, 4.69) is 15.3 Å². The molecule has 0 bridgehead atoms. The quantitative estimate of drug-likeness (QED) is 0.704. The zero-order chi connectivity index (χ0) is 19.8. The largest absolute Gasteiger partial charge is 0.354 e. The van der Waals surface area contributed by atoms with Gasteiger partial charge in [0.15, 0.2) is 5.78 Å². The number of aromatic nitrogens is 3. The fourth-order valence-corrected chi connectivity index (χ4v) is 3.94. The minimum absolute atomic E-state index is 0.104. The Morgan fingerprint density at radius 3 is 2.68 bits per heavy atom. The molecule has 144 valence electrons. The highest BCUT2D eigenvalue weighted by molar-refractivity contribution is 6.30. The Hall–Kier alpha value is -2.86. The second kappa shape index (κ2) is 7.28. The molecule has 0 radical (unpaired) electrons. The van der Waals surface area contributed by atoms with E-state index in [1.807, 2.05) is 36.9 Å². The van der Waals surface area contributed by atoms with E-state index in [1.54, 1.807) is 18.3 Å². The van der Waals surface area contributed by atoms with Crippen LogP contribution < -0.4 is 5.32 Å². The summed E-state index contributed by atoms with van der Waals surface area (Å²) in [6.07, 6.45) is 5.67. The molecule has 4 rings (SSSR count). The van der Waals surface area contributed by atoms with E-state index in [-0.39, 0.29) is 11.7 Å². The van der Waals surface area contributed by atoms with Gasteiger partial charge in [-0.05, 0) is 43.0 Å². The van der Waals surface area contributed by atoms with Gasteiger partial charge in [0.1, 0.15) is 17.6 Å². The van der Waals surface area contributed by atoms with Gasteiger partial charge >= 0.3 is 0 Å². The summed E-state index contributed by atoms with van der Waals surface area (Å²) in [6.45, 7) is 1.82. The SMILES string of the molecule is Cc1c(C(=O)N[C@@H](c2ccc(Cl)cc2)c2nccn2C)[nH]c2c1C(=O)CCC2. The molecule has 0 saturated carbocycles. The first kappa shape index (κ1) is 18.5. The highest BCUT2D eigenvalue weighted by atomic mass is 35.5. The van der Waals surface area contributed by atoms with Crippen molar-refractivity contribution in [2.45, 2.75) is 32.2 Å². The number of H-pyrrole nitrogens is 1. The Morgan fingerprint density at radius 1 is 1.29 bits per heavy atom. The Morgan fingerprint density at radius 2 is 2.04 bits per heavy atom. The summed E-state index contributed by atoms with van der Waals surface area (Å²) in [6, 6.07) is 6.88. The number of aryl methyl sites for hydroxylation is 2. The van der Waals surface area contributed by atoms with Crippen molar-refractivity contribution in [2.24, 2.45) is 7.05 Å². The van der Waals surface area contributed by atoms with Crippen molar-refractivity contribution in [1.29, 1.82) is 0 Å². The lowest BCUT2D eigenvalue weighted by atomic mass is 9.93. The number of rotatable bonds is 4. The summed E-state index contributed by atoms with van der Waals surface area (Å²) in [5.74, 6) is 0.552. The Labute approximate surface area is 167 Å². The van der Waals surface area contributed by atoms with E-state index in [0.29, 0.717) is 34.1 Å². The van der Waals surface area contributed by atoms with E-state index < -0.39 is 6.04 Å². The van der Waals surface area contributed by atoms with Crippen molar-refractivity contribution in [2.75, 3.05) is 0 Å². The van der Waals surface area contributed by atoms with Crippen LogP contribution in [0.25, 0.3) is 0 Å². The fourth-order valence-electron chi connectivity index (χ4n) is 3.81. The summed E-state index contributed by atoms with van der Waals surface area (Å²) >= 11 is 6.02. The van der Waals surface area contributed by atoms with Gasteiger partial charge in [-0.3, -0.25) is 9.59 Å². The van der Waals surface area contributed by atoms with Crippen LogP contribution in [0.15, 0.2) is 36.7 Å². The van der Waals surface area contributed by atoms with Crippen LogP contribution in [0.4, 0.5) is 0 Å². The number of hydrogen-bond acceptors (Lipinski definition) is 3. The summed E-state index contributed by atoms with van der Waals surface area (Å²) in [7, 11) is 1.88. The van der Waals surface area contributed by atoms with Crippen molar-refractivity contribution < 1.29 is 9.59 Å². The molecular formula is C21H21ClN4O2. The van der Waals surface area contributed by atoms with Crippen LogP contribution in [0.2, 0.25) is 5.02 Å². The molecule has 0 saturated heterocycles. The van der Waals surface area contributed by atoms with Crippen LogP contribution in [0, 0.1) is 6.92 Å². The Balaban J connectivity index is 1.70. The average Bonchev–Trinajstić information content (AvgIpc) is 3.24. The van der Waals surface area contributed by atoms with Gasteiger partial charge in [0.05, 0.1) is 0 Å². The van der Waals surface area contributed by atoms with E-state index in [1.165, 1.54) is 0 Å². The number of carbonyl (C=O) groups is 2. The number of nitrogens with zero attached hydrogens (tertiary/aromatic N) is 2. The zero-order valence-corrected chi connectivity index (χ0v) is 16.5. The molecule has 0 unspecified atom stereocenters. The maximum Gasteiger partial charge on any atom is 0.268 e. The second-order valence-electron chi connectivity index (χ2n) is 7.11. The van der Waals surface area contributed by atoms with Crippen LogP contribution in [-0.4, -0.2) is 26.2 Å². The number of ketones is 1. The first-order chi connectivity index (χ1) is 13.5. The Bertz CT molecular complexity index is 1050. The van der Waals surface area contributed by atoms with Crippen LogP contribution in [-0.2, 0) is 13.5 Å². The zero-order valence-electron chi connectivity index (χ0n) is 15.8. The van der Waals surface area contributed by atoms with Crippen LogP contribution in [0.1, 0.15) is 62.4 Å². The fraction of sp³-hybridized carbons (Fsp3) is 0.286. The van der Waals surface area contributed by atoms with E-state index in [0.717, 1.165) is 24.1 Å². The molecule has 1 aliphatic rings. The maximum atomic E-state index is 13.1. The first-order valence-corrected chi connectivity index (χ1v) is 9.61. The monoisotopic (exact) mass is 396 g/mol. The van der Waals surface area contributed by atoms with Gasteiger partial charge in [-0.15, -0.1) is 0 Å². The lowest BCUT2D eigenvalue weighted by Gasteiger charge is -2.19. The van der Waals surface area contributed by atoms with Crippen LogP contribution in [0.3, 0.4) is 0 Å². The third kappa shape index (κ3) is 3.24. The third-order valence-electron chi connectivity index (χ3n) is 5.26. The predicted octanol–water partition coefficient (Wildman–Crippen LogP) is 3.75. The normalized spacial score (nSPS) is 14.6. The lowest BCUT2D eigenvalue weighted by molar-refractivity contribution is 0.0935. The first-order valence-electron chi connectivity index (χ1n) is 9.24. The number of amides is 1. The minimum Gasteiger partial charge on any atom is -0.354 e. The van der Waals surface area contributed by atoms with Gasteiger partial charge in [-0.25, -0.2) is 4.98 Å². The molecule has 7 heteroatoms. The van der Waals surface area contributed by atoms with Crippen molar-refractivity contribution in [3.8, 4) is 0 Å². The number of halogens is 1. The number of hydrogen-bond donors (Lipinski definition) is 2. The molecule has 1 amide bonds. The number of nitrogens with one attached hydrogen (secondary N) is 2. The summed E-state index contributed by atoms with van der Waals surface area (Å²) in [5.41, 5.74) is 3.56. The van der Waals surface area contributed by atoms with Gasteiger partial charge in [-0.1, -0.05) is 23.7 Å². The summed E-state index contributed by atoms with van der Waals surface area (Å²) in [5, 5.41) is 3.69. The molecule has 0 spiro atoms. The van der Waals surface area contributed by atoms with Gasteiger partial charge in [0, 0.05) is 42.1 Å². The van der Waals surface area contributed by atoms with E-state index in [9.17, 15) is 9.59 Å². The third-order valence-corrected chi connectivity index (χ3v) is 5.51. The standard InChI is InChI=1S/C21H21ClN4O2/c1-12-17-15(4-3-5-16(17)27)24-18(12)21(28)25-19(20-23-10-11-26(20)2)13-6-8-14(22)9-7-13/h6-11,19,24H,3-5H2,1-2H3,(H,25,28)/t19-/m0/s1. The van der Waals surface area contributed by atoms with Crippen molar-refractivity contribution in [1.82, 2.24) is 19.9 Å². The second-order valence-corrected chi connectivity index (χ2v) is 7.55. The summed E-state index contributed by atoms with van der Waals surface area (Å²) in [4.78, 5) is 33.0. The number of imidazole rings is 1. The molecule has 0 aliphatic heterocycles. The maximum absolute atomic E-state index is 13.1. The lowest BCUT2D eigenvalue weighted by Crippen LogP contribution is -2.31. The van der Waals surface area contributed by atoms with Gasteiger partial charge in [0.25, 0.3) is 5.91 Å². The molecule has 6 nitrogen and oxygen atoms in total. The average molecular weight is 397 g/mol. The van der Waals surface area contributed by atoms with Crippen molar-refractivity contribution in [3.05, 3.63) is 75.6 Å². The number of carbonyl (C=O) groups excluding carboxylic acids is 2. The number of fused-ring (bicyclic) bond motifs is 1. The topological polar surface area (TPSA) is 79.8 Å². The molecule has 1 aromatic carbocycles. The van der Waals surface area contributed by atoms with Crippen molar-refractivity contribution in [3.63, 3.8) is 0 Å². The van der Waals surface area contributed by atoms with Gasteiger partial charge in [0.2, 0.25) is 0 Å². The van der Waals surface area contributed by atoms with Gasteiger partial charge < -0.3 is 14.9 Å². The molecule has 28 heavy (non-hydrogen) atoms. The van der Waals surface area contributed by atoms with Crippen LogP contribution in [0.5, 0.6) is 0 Å². The van der Waals surface area contributed by atoms with Crippen LogP contribution >= 0.6 is 11.6 Å². The molecule has 2 aromatic heterocycles. The minimum atomic E-state index is -0.444.